The average Bonchev–Trinajstić information content (AvgIpc) is 3.48. The molecular formula is C24H25N5O5. The third-order valence-corrected chi connectivity index (χ3v) is 5.91. The molecule has 0 saturated heterocycles. The first-order valence-corrected chi connectivity index (χ1v) is 11.0. The van der Waals surface area contributed by atoms with Crippen LogP contribution in [0.2, 0.25) is 0 Å². The Balaban J connectivity index is 1.56. The summed E-state index contributed by atoms with van der Waals surface area (Å²) in [7, 11) is 1.56. The highest BCUT2D eigenvalue weighted by atomic mass is 16.7. The standard InChI is InChI=1S/C24H25N5O5/c1-14-21(23(31)26-16-6-3-4-7-17(16)32-2)22(15-9-10-18-19(12-15)34-13-33-18)29-24(25-14)27-20(28-29)8-5-11-30/h3-4,6-7,9-10,12,21-22,30H,5,8,11,13H2,1-2H3,(H,26,31). The number of hydrogen-bond acceptors (Lipinski definition) is 8. The minimum absolute atomic E-state index is 0.0434. The van der Waals surface area contributed by atoms with Crippen LogP contribution >= 0.6 is 0 Å². The number of aliphatic imine (C=N–C) groups is 1. The van der Waals surface area contributed by atoms with Gasteiger partial charge in [0.2, 0.25) is 18.6 Å². The highest BCUT2D eigenvalue weighted by Gasteiger charge is 2.40. The van der Waals surface area contributed by atoms with Crippen molar-refractivity contribution < 1.29 is 24.1 Å². The van der Waals surface area contributed by atoms with E-state index in [1.807, 2.05) is 37.3 Å². The van der Waals surface area contributed by atoms with Crippen LogP contribution in [0.1, 0.15) is 30.8 Å². The SMILES string of the molecule is COc1ccccc1NC(=O)C1C(C)=Nc2nc(CCCO)nn2C1c1ccc2c(c1)OCO2. The Morgan fingerprint density at radius 3 is 2.88 bits per heavy atom. The molecule has 0 fully saturated rings. The topological polar surface area (TPSA) is 120 Å². The van der Waals surface area contributed by atoms with Gasteiger partial charge in [-0.1, -0.05) is 18.2 Å². The Hall–Kier alpha value is -3.92. The molecule has 0 bridgehead atoms. The van der Waals surface area contributed by atoms with Crippen molar-refractivity contribution >= 4 is 23.3 Å². The van der Waals surface area contributed by atoms with Crippen LogP contribution in [0, 0.1) is 5.92 Å². The number of ether oxygens (including phenoxy) is 3. The first kappa shape index (κ1) is 21.9. The van der Waals surface area contributed by atoms with E-state index in [1.165, 1.54) is 0 Å². The second kappa shape index (κ2) is 9.14. The summed E-state index contributed by atoms with van der Waals surface area (Å²) in [5.41, 5.74) is 2.00. The molecule has 2 aromatic carbocycles. The van der Waals surface area contributed by atoms with Gasteiger partial charge in [0.25, 0.3) is 0 Å². The predicted molar refractivity (Wildman–Crippen MR) is 124 cm³/mol. The van der Waals surface area contributed by atoms with Crippen LogP contribution in [0.4, 0.5) is 11.6 Å². The zero-order chi connectivity index (χ0) is 23.7. The van der Waals surface area contributed by atoms with Gasteiger partial charge in [0.05, 0.1) is 18.8 Å². The lowest BCUT2D eigenvalue weighted by atomic mass is 9.87. The van der Waals surface area contributed by atoms with E-state index in [0.717, 1.165) is 5.56 Å². The number of aliphatic hydroxyl groups excluding tert-OH is 1. The largest absolute Gasteiger partial charge is 0.495 e. The van der Waals surface area contributed by atoms with Gasteiger partial charge in [-0.05, 0) is 43.2 Å². The molecular weight excluding hydrogens is 438 g/mol. The zero-order valence-corrected chi connectivity index (χ0v) is 18.9. The summed E-state index contributed by atoms with van der Waals surface area (Å²) < 4.78 is 18.1. The molecule has 0 spiro atoms. The zero-order valence-electron chi connectivity index (χ0n) is 18.9. The number of rotatable bonds is 7. The summed E-state index contributed by atoms with van der Waals surface area (Å²) in [6, 6.07) is 12.3. The van der Waals surface area contributed by atoms with E-state index in [2.05, 4.69) is 20.4 Å². The number of aryl methyl sites for hydroxylation is 1. The molecule has 2 aliphatic rings. The van der Waals surface area contributed by atoms with E-state index in [1.54, 1.807) is 23.9 Å². The normalized spacial score (nSPS) is 18.3. The molecule has 0 saturated carbocycles. The Kier molecular flexibility index (Phi) is 5.89. The van der Waals surface area contributed by atoms with E-state index >= 15 is 0 Å². The second-order valence-electron chi connectivity index (χ2n) is 8.08. The number of anilines is 1. The van der Waals surface area contributed by atoms with Gasteiger partial charge in [-0.2, -0.15) is 10.1 Å². The summed E-state index contributed by atoms with van der Waals surface area (Å²) in [5, 5.41) is 16.9. The number of hydrogen-bond donors (Lipinski definition) is 2. The predicted octanol–water partition coefficient (Wildman–Crippen LogP) is 2.89. The Morgan fingerprint density at radius 1 is 1.24 bits per heavy atom. The van der Waals surface area contributed by atoms with Crippen LogP contribution in [-0.2, 0) is 11.2 Å². The number of benzene rings is 2. The summed E-state index contributed by atoms with van der Waals surface area (Å²) in [6.45, 7) is 2.02. The van der Waals surface area contributed by atoms with E-state index in [4.69, 9.17) is 14.2 Å². The highest BCUT2D eigenvalue weighted by molar-refractivity contribution is 6.10. The van der Waals surface area contributed by atoms with Crippen molar-refractivity contribution in [1.29, 1.82) is 0 Å². The number of amides is 1. The van der Waals surface area contributed by atoms with Crippen LogP contribution < -0.4 is 19.5 Å². The van der Waals surface area contributed by atoms with Gasteiger partial charge >= 0.3 is 0 Å². The molecule has 3 heterocycles. The molecule has 34 heavy (non-hydrogen) atoms. The molecule has 1 amide bonds. The van der Waals surface area contributed by atoms with E-state index in [9.17, 15) is 9.90 Å². The summed E-state index contributed by atoms with van der Waals surface area (Å²) in [4.78, 5) is 22.8. The number of aliphatic hydroxyl groups is 1. The van der Waals surface area contributed by atoms with Crippen molar-refractivity contribution in [3.63, 3.8) is 0 Å². The molecule has 1 aromatic heterocycles. The Labute approximate surface area is 196 Å². The smallest absolute Gasteiger partial charge is 0.248 e. The van der Waals surface area contributed by atoms with Crippen LogP contribution in [0.15, 0.2) is 47.5 Å². The number of aromatic nitrogens is 3. The molecule has 0 radical (unpaired) electrons. The van der Waals surface area contributed by atoms with Crippen molar-refractivity contribution in [2.75, 3.05) is 25.8 Å². The third kappa shape index (κ3) is 3.96. The monoisotopic (exact) mass is 463 g/mol. The fourth-order valence-corrected chi connectivity index (χ4v) is 4.28. The lowest BCUT2D eigenvalue weighted by Crippen LogP contribution is -2.39. The second-order valence-corrected chi connectivity index (χ2v) is 8.08. The Morgan fingerprint density at radius 2 is 2.06 bits per heavy atom. The first-order chi connectivity index (χ1) is 16.6. The summed E-state index contributed by atoms with van der Waals surface area (Å²) >= 11 is 0. The molecule has 3 aromatic rings. The number of fused-ring (bicyclic) bond motifs is 2. The number of methoxy groups -OCH3 is 1. The van der Waals surface area contributed by atoms with Gasteiger partial charge in [-0.25, -0.2) is 9.67 Å². The van der Waals surface area contributed by atoms with Crippen LogP contribution in [0.3, 0.4) is 0 Å². The molecule has 10 nitrogen and oxygen atoms in total. The van der Waals surface area contributed by atoms with Crippen molar-refractivity contribution in [3.8, 4) is 17.2 Å². The molecule has 5 rings (SSSR count). The third-order valence-electron chi connectivity index (χ3n) is 5.91. The number of carbonyl (C=O) groups is 1. The van der Waals surface area contributed by atoms with Crippen molar-refractivity contribution in [1.82, 2.24) is 14.8 Å². The minimum Gasteiger partial charge on any atom is -0.495 e. The van der Waals surface area contributed by atoms with Crippen LogP contribution in [0.25, 0.3) is 0 Å². The molecule has 2 N–H and O–H groups in total. The fourth-order valence-electron chi connectivity index (χ4n) is 4.28. The van der Waals surface area contributed by atoms with E-state index in [-0.39, 0.29) is 19.3 Å². The Bertz CT molecular complexity index is 1250. The van der Waals surface area contributed by atoms with Gasteiger partial charge in [0, 0.05) is 18.7 Å². The van der Waals surface area contributed by atoms with Gasteiger partial charge in [0.1, 0.15) is 11.7 Å². The van der Waals surface area contributed by atoms with E-state index in [0.29, 0.717) is 53.3 Å². The van der Waals surface area contributed by atoms with Crippen molar-refractivity contribution in [2.24, 2.45) is 10.9 Å². The first-order valence-electron chi connectivity index (χ1n) is 11.0. The number of para-hydroxylation sites is 2. The molecule has 2 atom stereocenters. The minimum atomic E-state index is -0.662. The highest BCUT2D eigenvalue weighted by Crippen LogP contribution is 2.41. The van der Waals surface area contributed by atoms with Gasteiger partial charge in [-0.15, -0.1) is 0 Å². The number of nitrogens with one attached hydrogen (secondary N) is 1. The van der Waals surface area contributed by atoms with Crippen molar-refractivity contribution in [2.45, 2.75) is 25.8 Å². The average molecular weight is 463 g/mol. The van der Waals surface area contributed by atoms with Crippen LogP contribution in [0.5, 0.6) is 17.2 Å². The lowest BCUT2D eigenvalue weighted by Gasteiger charge is -2.30. The lowest BCUT2D eigenvalue weighted by molar-refractivity contribution is -0.118. The van der Waals surface area contributed by atoms with Gasteiger partial charge in [0.15, 0.2) is 17.3 Å². The molecule has 0 aliphatic carbocycles. The maximum absolute atomic E-state index is 13.7. The molecule has 176 valence electrons. The maximum atomic E-state index is 13.7. The molecule has 2 unspecified atom stereocenters. The van der Waals surface area contributed by atoms with Crippen LogP contribution in [-0.4, -0.2) is 52.0 Å². The molecule has 2 aliphatic heterocycles. The summed E-state index contributed by atoms with van der Waals surface area (Å²) in [5.74, 6) is 1.92. The summed E-state index contributed by atoms with van der Waals surface area (Å²) in [6.07, 6.45) is 1.05. The quantitative estimate of drug-likeness (QED) is 0.553. The fraction of sp³-hybridized carbons (Fsp3) is 0.333. The van der Waals surface area contributed by atoms with Gasteiger partial charge < -0.3 is 24.6 Å². The van der Waals surface area contributed by atoms with Crippen molar-refractivity contribution in [3.05, 3.63) is 53.9 Å². The van der Waals surface area contributed by atoms with E-state index < -0.39 is 12.0 Å². The number of nitrogens with zero attached hydrogens (tertiary/aromatic N) is 4. The number of carbonyl (C=O) groups excluding carboxylic acids is 1. The van der Waals surface area contributed by atoms with Gasteiger partial charge in [-0.3, -0.25) is 4.79 Å². The maximum Gasteiger partial charge on any atom is 0.248 e. The molecule has 10 heteroatoms.